The highest BCUT2D eigenvalue weighted by Crippen LogP contribution is 2.29. The largest absolute Gasteiger partial charge is 0.490 e. The number of nitrogens with zero attached hydrogens (tertiary/aromatic N) is 1. The number of hydrogen-bond donors (Lipinski definition) is 1. The van der Waals surface area contributed by atoms with Crippen molar-refractivity contribution in [2.45, 2.75) is 30.3 Å². The summed E-state index contributed by atoms with van der Waals surface area (Å²) in [5.74, 6) is -0.322. The van der Waals surface area contributed by atoms with E-state index in [-0.39, 0.29) is 17.2 Å². The summed E-state index contributed by atoms with van der Waals surface area (Å²) in [4.78, 5) is 11.5. The second kappa shape index (κ2) is 9.07. The maximum Gasteiger partial charge on any atom is 0.307 e. The van der Waals surface area contributed by atoms with Gasteiger partial charge in [-0.25, -0.2) is 8.42 Å². The van der Waals surface area contributed by atoms with Gasteiger partial charge in [0, 0.05) is 17.6 Å². The van der Waals surface area contributed by atoms with Gasteiger partial charge < -0.3 is 9.84 Å². The third kappa shape index (κ3) is 5.12. The zero-order valence-electron chi connectivity index (χ0n) is 15.2. The average Bonchev–Trinajstić information content (AvgIpc) is 2.68. The number of carboxylic acids is 1. The van der Waals surface area contributed by atoms with Crippen LogP contribution >= 0.6 is 15.9 Å². The minimum atomic E-state index is -3.55. The Morgan fingerprint density at radius 1 is 1.11 bits per heavy atom. The molecular weight excluding hydrogens is 446 g/mol. The van der Waals surface area contributed by atoms with Crippen LogP contribution < -0.4 is 4.74 Å². The summed E-state index contributed by atoms with van der Waals surface area (Å²) in [7, 11) is -3.55. The smallest absolute Gasteiger partial charge is 0.307 e. The van der Waals surface area contributed by atoms with E-state index in [2.05, 4.69) is 15.9 Å². The Bertz CT molecular complexity index is 894. The van der Waals surface area contributed by atoms with E-state index in [0.717, 1.165) is 4.47 Å². The first-order valence-corrected chi connectivity index (χ1v) is 11.3. The number of benzene rings is 2. The molecule has 1 aliphatic rings. The second-order valence-corrected chi connectivity index (χ2v) is 9.62. The van der Waals surface area contributed by atoms with Gasteiger partial charge in [0.05, 0.1) is 11.3 Å². The fourth-order valence-electron chi connectivity index (χ4n) is 3.39. The quantitative estimate of drug-likeness (QED) is 0.669. The van der Waals surface area contributed by atoms with Crippen molar-refractivity contribution in [1.82, 2.24) is 4.31 Å². The molecule has 1 fully saturated rings. The summed E-state index contributed by atoms with van der Waals surface area (Å²) in [6.45, 7) is 0.689. The first kappa shape index (κ1) is 20.8. The van der Waals surface area contributed by atoms with Gasteiger partial charge in [-0.1, -0.05) is 34.1 Å². The van der Waals surface area contributed by atoms with Crippen LogP contribution in [0.4, 0.5) is 0 Å². The fourth-order valence-corrected chi connectivity index (χ4v) is 5.13. The number of sulfonamides is 1. The number of hydrogen-bond acceptors (Lipinski definition) is 4. The summed E-state index contributed by atoms with van der Waals surface area (Å²) < 4.78 is 33.9. The maximum absolute atomic E-state index is 12.8. The number of carboxylic acid groups (broad SMARTS) is 1. The molecule has 8 heteroatoms. The molecule has 0 amide bonds. The lowest BCUT2D eigenvalue weighted by atomic mass is 9.90. The predicted octanol–water partition coefficient (Wildman–Crippen LogP) is 3.77. The third-order valence-corrected chi connectivity index (χ3v) is 7.32. The molecule has 0 radical (unpaired) electrons. The Hall–Kier alpha value is -1.90. The number of aliphatic carboxylic acids is 1. The van der Waals surface area contributed by atoms with Crippen LogP contribution in [0.2, 0.25) is 0 Å². The van der Waals surface area contributed by atoms with Crippen LogP contribution in [0.15, 0.2) is 64.0 Å². The zero-order valence-corrected chi connectivity index (χ0v) is 17.6. The van der Waals surface area contributed by atoms with Crippen LogP contribution in [-0.2, 0) is 14.8 Å². The molecule has 6 nitrogen and oxygen atoms in total. The summed E-state index contributed by atoms with van der Waals surface area (Å²) in [6, 6.07) is 15.7. The van der Waals surface area contributed by atoms with Gasteiger partial charge in [-0.2, -0.15) is 4.31 Å². The van der Waals surface area contributed by atoms with Gasteiger partial charge in [0.1, 0.15) is 11.9 Å². The number of rotatable bonds is 7. The van der Waals surface area contributed by atoms with Crippen molar-refractivity contribution in [2.24, 2.45) is 5.92 Å². The van der Waals surface area contributed by atoms with Crippen molar-refractivity contribution >= 4 is 31.9 Å². The number of halogens is 1. The summed E-state index contributed by atoms with van der Waals surface area (Å²) in [5, 5.41) is 9.25. The minimum absolute atomic E-state index is 0.0207. The molecule has 1 aliphatic heterocycles. The van der Waals surface area contributed by atoms with Gasteiger partial charge in [0.25, 0.3) is 0 Å². The maximum atomic E-state index is 12.8. The molecule has 1 N–H and O–H groups in total. The lowest BCUT2D eigenvalue weighted by Gasteiger charge is -2.35. The topological polar surface area (TPSA) is 83.9 Å². The molecule has 150 valence electrons. The first-order chi connectivity index (χ1) is 13.4. The molecule has 0 aliphatic carbocycles. The summed E-state index contributed by atoms with van der Waals surface area (Å²) >= 11 is 3.31. The van der Waals surface area contributed by atoms with Crippen molar-refractivity contribution in [3.05, 3.63) is 59.1 Å². The van der Waals surface area contributed by atoms with Gasteiger partial charge >= 0.3 is 5.97 Å². The fraction of sp³-hybridized carbons (Fsp3) is 0.350. The Morgan fingerprint density at radius 2 is 1.71 bits per heavy atom. The lowest BCUT2D eigenvalue weighted by Crippen LogP contribution is -2.43. The van der Waals surface area contributed by atoms with Crippen molar-refractivity contribution in [1.29, 1.82) is 0 Å². The van der Waals surface area contributed by atoms with Crippen LogP contribution in [-0.4, -0.2) is 43.0 Å². The van der Waals surface area contributed by atoms with Crippen molar-refractivity contribution in [2.75, 3.05) is 13.1 Å². The van der Waals surface area contributed by atoms with E-state index in [0.29, 0.717) is 31.7 Å². The van der Waals surface area contributed by atoms with E-state index in [4.69, 9.17) is 4.74 Å². The van der Waals surface area contributed by atoms with Crippen LogP contribution in [0.3, 0.4) is 0 Å². The lowest BCUT2D eigenvalue weighted by molar-refractivity contribution is -0.139. The SMILES string of the molecule is O=C(O)CC(Oc1ccccc1)C1CCN(S(=O)(=O)c2ccc(Br)cc2)CC1. The van der Waals surface area contributed by atoms with E-state index in [1.165, 1.54) is 4.31 Å². The van der Waals surface area contributed by atoms with Crippen LogP contribution in [0.1, 0.15) is 19.3 Å². The highest BCUT2D eigenvalue weighted by Gasteiger charge is 2.34. The standard InChI is InChI=1S/C20H22BrNO5S/c21-16-6-8-18(9-7-16)28(25,26)22-12-10-15(11-13-22)19(14-20(23)24)27-17-4-2-1-3-5-17/h1-9,15,19H,10-14H2,(H,23,24). The molecule has 0 spiro atoms. The average molecular weight is 468 g/mol. The minimum Gasteiger partial charge on any atom is -0.490 e. The van der Waals surface area contributed by atoms with Crippen LogP contribution in [0.25, 0.3) is 0 Å². The highest BCUT2D eigenvalue weighted by atomic mass is 79.9. The number of para-hydroxylation sites is 1. The monoisotopic (exact) mass is 467 g/mol. The van der Waals surface area contributed by atoms with E-state index in [1.807, 2.05) is 18.2 Å². The molecule has 1 heterocycles. The summed E-state index contributed by atoms with van der Waals surface area (Å²) in [5.41, 5.74) is 0. The predicted molar refractivity (Wildman–Crippen MR) is 109 cm³/mol. The molecule has 1 unspecified atom stereocenters. The number of ether oxygens (including phenoxy) is 1. The van der Waals surface area contributed by atoms with E-state index in [9.17, 15) is 18.3 Å². The van der Waals surface area contributed by atoms with Crippen LogP contribution in [0.5, 0.6) is 5.75 Å². The van der Waals surface area contributed by atoms with Gasteiger partial charge in [0.2, 0.25) is 10.0 Å². The number of carbonyl (C=O) groups is 1. The molecule has 0 aromatic heterocycles. The Morgan fingerprint density at radius 3 is 2.29 bits per heavy atom. The molecule has 0 saturated carbocycles. The van der Waals surface area contributed by atoms with E-state index >= 15 is 0 Å². The molecule has 0 bridgehead atoms. The van der Waals surface area contributed by atoms with E-state index < -0.39 is 22.1 Å². The van der Waals surface area contributed by atoms with Crippen molar-refractivity contribution < 1.29 is 23.1 Å². The molecule has 28 heavy (non-hydrogen) atoms. The van der Waals surface area contributed by atoms with E-state index in [1.54, 1.807) is 36.4 Å². The van der Waals surface area contributed by atoms with Gasteiger partial charge in [-0.05, 0) is 55.2 Å². The van der Waals surface area contributed by atoms with Crippen LogP contribution in [0, 0.1) is 5.92 Å². The van der Waals surface area contributed by atoms with Gasteiger partial charge in [-0.15, -0.1) is 0 Å². The first-order valence-electron chi connectivity index (χ1n) is 9.05. The zero-order chi connectivity index (χ0) is 20.1. The Balaban J connectivity index is 1.68. The summed E-state index contributed by atoms with van der Waals surface area (Å²) in [6.07, 6.45) is 0.512. The Labute approximate surface area is 173 Å². The molecule has 3 rings (SSSR count). The van der Waals surface area contributed by atoms with Crippen molar-refractivity contribution in [3.63, 3.8) is 0 Å². The molecule has 1 saturated heterocycles. The molecular formula is C20H22BrNO5S. The number of piperidine rings is 1. The van der Waals surface area contributed by atoms with Gasteiger partial charge in [-0.3, -0.25) is 4.79 Å². The van der Waals surface area contributed by atoms with Gasteiger partial charge in [0.15, 0.2) is 0 Å². The molecule has 2 aromatic carbocycles. The molecule has 1 atom stereocenters. The third-order valence-electron chi connectivity index (χ3n) is 4.88. The second-order valence-electron chi connectivity index (χ2n) is 6.76. The Kier molecular flexibility index (Phi) is 6.74. The normalized spacial score (nSPS) is 17.2. The molecule has 2 aromatic rings. The van der Waals surface area contributed by atoms with Crippen molar-refractivity contribution in [3.8, 4) is 5.75 Å². The highest BCUT2D eigenvalue weighted by molar-refractivity contribution is 9.10.